The van der Waals surface area contributed by atoms with E-state index in [1.54, 1.807) is 27.7 Å². The first kappa shape index (κ1) is 14.5. The second-order valence-corrected chi connectivity index (χ2v) is 5.59. The van der Waals surface area contributed by atoms with Crippen LogP contribution in [0.3, 0.4) is 0 Å². The van der Waals surface area contributed by atoms with Gasteiger partial charge in [-0.05, 0) is 20.8 Å². The van der Waals surface area contributed by atoms with Crippen molar-refractivity contribution in [2.45, 2.75) is 45.3 Å². The molecule has 1 N–H and O–H groups in total. The first-order valence-corrected chi connectivity index (χ1v) is 5.83. The molecule has 1 heterocycles. The fraction of sp³-hybridized carbons (Fsp3) is 0.750. The molecule has 1 aliphatic heterocycles. The summed E-state index contributed by atoms with van der Waals surface area (Å²) < 4.78 is 5.15. The molecule has 1 aliphatic rings. The zero-order valence-electron chi connectivity index (χ0n) is 11.1. The normalized spacial score (nSPS) is 27.3. The first-order chi connectivity index (χ1) is 8.15. The number of likely N-dealkylation sites (tertiary alicyclic amines) is 1. The lowest BCUT2D eigenvalue weighted by atomic mass is 9.73. The number of ether oxygens (including phenoxy) is 1. The largest absolute Gasteiger partial charge is 0.479 e. The summed E-state index contributed by atoms with van der Waals surface area (Å²) in [6, 6.07) is 0. The van der Waals surface area contributed by atoms with Gasteiger partial charge in [0.25, 0.3) is 0 Å². The van der Waals surface area contributed by atoms with E-state index in [0.29, 0.717) is 6.29 Å². The highest BCUT2D eigenvalue weighted by molar-refractivity contribution is 5.89. The molecule has 0 aliphatic carbocycles. The lowest BCUT2D eigenvalue weighted by Crippen LogP contribution is -2.72. The van der Waals surface area contributed by atoms with Gasteiger partial charge in [0.2, 0.25) is 0 Å². The number of carboxylic acid groups (broad SMARTS) is 1. The number of carboxylic acids is 1. The number of carbonyl (C=O) groups excluding carboxylic acids is 2. The lowest BCUT2D eigenvalue weighted by molar-refractivity contribution is -0.170. The van der Waals surface area contributed by atoms with Crippen LogP contribution in [0.15, 0.2) is 0 Å². The van der Waals surface area contributed by atoms with E-state index in [2.05, 4.69) is 0 Å². The van der Waals surface area contributed by atoms with E-state index in [1.807, 2.05) is 0 Å². The van der Waals surface area contributed by atoms with Crippen LogP contribution in [0.4, 0.5) is 4.79 Å². The Morgan fingerprint density at radius 2 is 2.06 bits per heavy atom. The third-order valence-corrected chi connectivity index (χ3v) is 3.13. The predicted octanol–water partition coefficient (Wildman–Crippen LogP) is 1.29. The van der Waals surface area contributed by atoms with Crippen LogP contribution >= 0.6 is 0 Å². The van der Waals surface area contributed by atoms with E-state index in [-0.39, 0.29) is 18.9 Å². The summed E-state index contributed by atoms with van der Waals surface area (Å²) in [4.78, 5) is 35.1. The molecule has 1 saturated heterocycles. The maximum atomic E-state index is 11.9. The Hall–Kier alpha value is -1.59. The molecule has 0 saturated carbocycles. The highest BCUT2D eigenvalue weighted by atomic mass is 16.6. The number of hydrogen-bond acceptors (Lipinski definition) is 4. The molecule has 6 nitrogen and oxygen atoms in total. The van der Waals surface area contributed by atoms with Crippen LogP contribution in [-0.4, -0.2) is 46.0 Å². The molecule has 0 spiro atoms. The van der Waals surface area contributed by atoms with E-state index >= 15 is 0 Å². The molecular formula is C12H19NO5. The van der Waals surface area contributed by atoms with Crippen molar-refractivity contribution >= 4 is 18.3 Å². The molecule has 0 radical (unpaired) electrons. The Kier molecular flexibility index (Phi) is 3.69. The van der Waals surface area contributed by atoms with E-state index < -0.39 is 23.2 Å². The van der Waals surface area contributed by atoms with Gasteiger partial charge in [-0.2, -0.15) is 0 Å². The summed E-state index contributed by atoms with van der Waals surface area (Å²) in [5.74, 6) is -1.44. The van der Waals surface area contributed by atoms with Gasteiger partial charge in [-0.1, -0.05) is 6.92 Å². The quantitative estimate of drug-likeness (QED) is 0.770. The van der Waals surface area contributed by atoms with E-state index in [0.717, 1.165) is 4.90 Å². The van der Waals surface area contributed by atoms with Crippen LogP contribution in [0.2, 0.25) is 0 Å². The Bertz CT molecular complexity index is 373. The van der Waals surface area contributed by atoms with Crippen LogP contribution in [0.25, 0.3) is 0 Å². The molecular weight excluding hydrogens is 238 g/mol. The Balaban J connectivity index is 2.93. The zero-order chi connectivity index (χ0) is 14.1. The van der Waals surface area contributed by atoms with Crippen molar-refractivity contribution in [2.24, 2.45) is 5.92 Å². The van der Waals surface area contributed by atoms with Gasteiger partial charge in [0, 0.05) is 18.9 Å². The predicted molar refractivity (Wildman–Crippen MR) is 63.2 cm³/mol. The summed E-state index contributed by atoms with van der Waals surface area (Å²) in [6.07, 6.45) is -0.381. The number of amides is 1. The average Bonchev–Trinajstić information content (AvgIpc) is 2.18. The third kappa shape index (κ3) is 2.32. The van der Waals surface area contributed by atoms with Gasteiger partial charge < -0.3 is 14.6 Å². The van der Waals surface area contributed by atoms with E-state index in [9.17, 15) is 19.5 Å². The highest BCUT2D eigenvalue weighted by Gasteiger charge is 2.60. The smallest absolute Gasteiger partial charge is 0.411 e. The van der Waals surface area contributed by atoms with Gasteiger partial charge in [-0.15, -0.1) is 0 Å². The number of aliphatic carboxylic acids is 1. The van der Waals surface area contributed by atoms with Crippen molar-refractivity contribution in [1.29, 1.82) is 0 Å². The van der Waals surface area contributed by atoms with Gasteiger partial charge in [-0.25, -0.2) is 9.59 Å². The lowest BCUT2D eigenvalue weighted by Gasteiger charge is -2.53. The molecule has 18 heavy (non-hydrogen) atoms. The fourth-order valence-electron chi connectivity index (χ4n) is 2.15. The van der Waals surface area contributed by atoms with Crippen molar-refractivity contribution < 1.29 is 24.2 Å². The third-order valence-electron chi connectivity index (χ3n) is 3.13. The molecule has 2 atom stereocenters. The summed E-state index contributed by atoms with van der Waals surface area (Å²) in [5.41, 5.74) is -2.15. The average molecular weight is 257 g/mol. The molecule has 0 aromatic carbocycles. The van der Waals surface area contributed by atoms with Crippen LogP contribution in [0.1, 0.15) is 34.1 Å². The van der Waals surface area contributed by atoms with Crippen molar-refractivity contribution in [3.05, 3.63) is 0 Å². The summed E-state index contributed by atoms with van der Waals surface area (Å²) >= 11 is 0. The number of nitrogens with zero attached hydrogens (tertiary/aromatic N) is 1. The number of rotatable bonds is 3. The summed E-state index contributed by atoms with van der Waals surface area (Å²) in [5, 5.41) is 9.29. The minimum atomic E-state index is -1.45. The molecule has 1 amide bonds. The van der Waals surface area contributed by atoms with Crippen molar-refractivity contribution in [2.75, 3.05) is 6.54 Å². The van der Waals surface area contributed by atoms with Crippen LogP contribution in [-0.2, 0) is 14.3 Å². The van der Waals surface area contributed by atoms with Crippen molar-refractivity contribution in [1.82, 2.24) is 4.90 Å². The highest BCUT2D eigenvalue weighted by Crippen LogP contribution is 2.40. The molecule has 2 unspecified atom stereocenters. The fourth-order valence-corrected chi connectivity index (χ4v) is 2.15. The van der Waals surface area contributed by atoms with Gasteiger partial charge in [-0.3, -0.25) is 4.90 Å². The SMILES string of the molecule is CC1CN(C(=O)OC(C)(C)C)C1(CC=O)C(=O)O. The van der Waals surface area contributed by atoms with Gasteiger partial charge in [0.1, 0.15) is 11.9 Å². The van der Waals surface area contributed by atoms with Gasteiger partial charge >= 0.3 is 12.1 Å². The first-order valence-electron chi connectivity index (χ1n) is 5.83. The molecule has 0 aromatic heterocycles. The monoisotopic (exact) mass is 257 g/mol. The Morgan fingerprint density at radius 1 is 1.50 bits per heavy atom. The molecule has 1 rings (SSSR count). The molecule has 0 bridgehead atoms. The number of hydrogen-bond donors (Lipinski definition) is 1. The molecule has 102 valence electrons. The van der Waals surface area contributed by atoms with Crippen molar-refractivity contribution in [3.63, 3.8) is 0 Å². The maximum absolute atomic E-state index is 11.9. The van der Waals surface area contributed by atoms with E-state index in [4.69, 9.17) is 4.74 Å². The second kappa shape index (κ2) is 4.59. The zero-order valence-corrected chi connectivity index (χ0v) is 11.1. The molecule has 6 heteroatoms. The summed E-state index contributed by atoms with van der Waals surface area (Å²) in [7, 11) is 0. The van der Waals surface area contributed by atoms with Crippen LogP contribution < -0.4 is 0 Å². The van der Waals surface area contributed by atoms with Crippen LogP contribution in [0, 0.1) is 5.92 Å². The van der Waals surface area contributed by atoms with Gasteiger partial charge in [0.05, 0.1) is 0 Å². The van der Waals surface area contributed by atoms with E-state index in [1.165, 1.54) is 0 Å². The standard InChI is InChI=1S/C12H19NO5/c1-8-7-13(10(17)18-11(2,3)4)12(8,5-6-14)9(15)16/h6,8H,5,7H2,1-4H3,(H,15,16). The number of carbonyl (C=O) groups is 3. The van der Waals surface area contributed by atoms with Crippen molar-refractivity contribution in [3.8, 4) is 0 Å². The number of aldehydes is 1. The minimum Gasteiger partial charge on any atom is -0.479 e. The minimum absolute atomic E-state index is 0.220. The topological polar surface area (TPSA) is 83.9 Å². The second-order valence-electron chi connectivity index (χ2n) is 5.59. The Morgan fingerprint density at radius 3 is 2.39 bits per heavy atom. The van der Waals surface area contributed by atoms with Gasteiger partial charge in [0.15, 0.2) is 5.54 Å². The summed E-state index contributed by atoms with van der Waals surface area (Å²) in [6.45, 7) is 7.11. The maximum Gasteiger partial charge on any atom is 0.411 e. The molecule has 1 fully saturated rings. The van der Waals surface area contributed by atoms with Crippen LogP contribution in [0.5, 0.6) is 0 Å². The Labute approximate surface area is 106 Å². The molecule has 0 aromatic rings.